The lowest BCUT2D eigenvalue weighted by Crippen LogP contribution is -2.20. The molecule has 0 amide bonds. The first-order valence-electron chi connectivity index (χ1n) is 8.10. The molecule has 1 aliphatic rings. The van der Waals surface area contributed by atoms with E-state index < -0.39 is 0 Å². The first-order valence-corrected chi connectivity index (χ1v) is 9.30. The van der Waals surface area contributed by atoms with E-state index in [1.165, 1.54) is 47.1 Å². The van der Waals surface area contributed by atoms with E-state index in [4.69, 9.17) is 11.6 Å². The van der Waals surface area contributed by atoms with Crippen LogP contribution in [-0.4, -0.2) is 6.54 Å². The molecule has 0 radical (unpaired) electrons. The van der Waals surface area contributed by atoms with Gasteiger partial charge in [0.1, 0.15) is 0 Å². The molecule has 3 heteroatoms. The number of hydrogen-bond donors (Lipinski definition) is 1. The Morgan fingerprint density at radius 2 is 1.95 bits per heavy atom. The van der Waals surface area contributed by atoms with Crippen LogP contribution < -0.4 is 5.32 Å². The smallest absolute Gasteiger partial charge is 0.0636 e. The van der Waals surface area contributed by atoms with Gasteiger partial charge in [-0.3, -0.25) is 0 Å². The molecule has 0 saturated heterocycles. The number of nitrogens with one attached hydrogen (secondary N) is 1. The summed E-state index contributed by atoms with van der Waals surface area (Å²) in [5, 5.41) is 5.72. The summed E-state index contributed by atoms with van der Waals surface area (Å²) in [6, 6.07) is 8.40. The molecule has 1 aromatic heterocycles. The first-order chi connectivity index (χ1) is 10.2. The second-order valence-electron chi connectivity index (χ2n) is 6.43. The fourth-order valence-electron chi connectivity index (χ4n) is 3.30. The van der Waals surface area contributed by atoms with E-state index in [1.54, 1.807) is 0 Å². The maximum absolute atomic E-state index is 6.47. The minimum Gasteiger partial charge on any atom is -0.312 e. The molecule has 1 N–H and O–H groups in total. The van der Waals surface area contributed by atoms with Crippen molar-refractivity contribution in [2.24, 2.45) is 11.8 Å². The summed E-state index contributed by atoms with van der Waals surface area (Å²) in [6.45, 7) is 4.41. The zero-order chi connectivity index (χ0) is 14.7. The van der Waals surface area contributed by atoms with Crippen molar-refractivity contribution < 1.29 is 0 Å². The highest BCUT2D eigenvalue weighted by atomic mass is 35.5. The predicted molar refractivity (Wildman–Crippen MR) is 94.3 cm³/mol. The Hall–Kier alpha value is -0.570. The molecule has 114 valence electrons. The van der Waals surface area contributed by atoms with Crippen molar-refractivity contribution in [3.8, 4) is 0 Å². The zero-order valence-corrected chi connectivity index (χ0v) is 14.3. The monoisotopic (exact) mass is 321 g/mol. The van der Waals surface area contributed by atoms with Crippen LogP contribution in [0.4, 0.5) is 0 Å². The zero-order valence-electron chi connectivity index (χ0n) is 12.7. The second-order valence-corrected chi connectivity index (χ2v) is 7.94. The van der Waals surface area contributed by atoms with Gasteiger partial charge in [-0.1, -0.05) is 62.4 Å². The van der Waals surface area contributed by atoms with Crippen LogP contribution >= 0.6 is 22.9 Å². The third-order valence-corrected chi connectivity index (χ3v) is 6.47. The Labute approximate surface area is 136 Å². The van der Waals surface area contributed by atoms with E-state index >= 15 is 0 Å². The van der Waals surface area contributed by atoms with Gasteiger partial charge in [0.05, 0.1) is 5.02 Å². The van der Waals surface area contributed by atoms with E-state index in [9.17, 15) is 0 Å². The molecule has 1 fully saturated rings. The molecule has 2 aromatic rings. The van der Waals surface area contributed by atoms with Gasteiger partial charge in [0.25, 0.3) is 0 Å². The maximum Gasteiger partial charge on any atom is 0.0636 e. The fraction of sp³-hybridized carbons (Fsp3) is 0.556. The van der Waals surface area contributed by atoms with E-state index in [1.807, 2.05) is 11.3 Å². The van der Waals surface area contributed by atoms with Gasteiger partial charge < -0.3 is 5.32 Å². The summed E-state index contributed by atoms with van der Waals surface area (Å²) in [4.78, 5) is 1.27. The van der Waals surface area contributed by atoms with Crippen LogP contribution in [0.15, 0.2) is 24.3 Å². The maximum atomic E-state index is 6.47. The Balaban J connectivity index is 1.47. The number of hydrogen-bond acceptors (Lipinski definition) is 2. The second kappa shape index (κ2) is 7.13. The molecule has 0 atom stereocenters. The van der Waals surface area contributed by atoms with Crippen molar-refractivity contribution in [2.45, 2.75) is 45.6 Å². The van der Waals surface area contributed by atoms with E-state index in [0.29, 0.717) is 0 Å². The van der Waals surface area contributed by atoms with Crippen LogP contribution in [0, 0.1) is 11.8 Å². The van der Waals surface area contributed by atoms with Crippen molar-refractivity contribution in [3.63, 3.8) is 0 Å². The van der Waals surface area contributed by atoms with E-state index in [2.05, 4.69) is 36.5 Å². The third-order valence-electron chi connectivity index (χ3n) is 4.75. The Bertz CT molecular complexity index is 584. The quantitative estimate of drug-likeness (QED) is 0.680. The van der Waals surface area contributed by atoms with Gasteiger partial charge in [-0.2, -0.15) is 0 Å². The third kappa shape index (κ3) is 3.80. The Morgan fingerprint density at radius 3 is 2.71 bits per heavy atom. The summed E-state index contributed by atoms with van der Waals surface area (Å²) < 4.78 is 1.29. The molecule has 1 saturated carbocycles. The molecular weight excluding hydrogens is 298 g/mol. The number of benzene rings is 1. The molecule has 3 rings (SSSR count). The van der Waals surface area contributed by atoms with Crippen LogP contribution in [0.1, 0.15) is 43.9 Å². The van der Waals surface area contributed by atoms with Gasteiger partial charge in [0.2, 0.25) is 0 Å². The summed E-state index contributed by atoms with van der Waals surface area (Å²) in [5.41, 5.74) is 0. The summed E-state index contributed by atoms with van der Waals surface area (Å²) in [5.74, 6) is 1.89. The highest BCUT2D eigenvalue weighted by Crippen LogP contribution is 2.35. The predicted octanol–water partition coefficient (Wildman–Crippen LogP) is 5.86. The molecule has 21 heavy (non-hydrogen) atoms. The Morgan fingerprint density at radius 1 is 1.19 bits per heavy atom. The molecule has 1 aromatic carbocycles. The van der Waals surface area contributed by atoms with Gasteiger partial charge >= 0.3 is 0 Å². The standard InChI is InChI=1S/C18H24ClNS/c1-13-6-8-14(9-7-13)10-11-20-12-17-18(19)15-4-2-3-5-16(15)21-17/h2-5,13-14,20H,6-12H2,1H3. The van der Waals surface area contributed by atoms with Gasteiger partial charge in [-0.15, -0.1) is 11.3 Å². The van der Waals surface area contributed by atoms with Gasteiger partial charge in [-0.25, -0.2) is 0 Å². The van der Waals surface area contributed by atoms with Crippen LogP contribution in [-0.2, 0) is 6.54 Å². The lowest BCUT2D eigenvalue weighted by molar-refractivity contribution is 0.275. The van der Waals surface area contributed by atoms with Gasteiger partial charge in [-0.05, 0) is 30.9 Å². The largest absolute Gasteiger partial charge is 0.312 e. The number of halogens is 1. The number of rotatable bonds is 5. The molecule has 0 unspecified atom stereocenters. The average molecular weight is 322 g/mol. The minimum absolute atomic E-state index is 0.904. The molecule has 1 heterocycles. The number of thiophene rings is 1. The van der Waals surface area contributed by atoms with Crippen LogP contribution in [0.5, 0.6) is 0 Å². The number of fused-ring (bicyclic) bond motifs is 1. The highest BCUT2D eigenvalue weighted by molar-refractivity contribution is 7.19. The molecule has 1 nitrogen and oxygen atoms in total. The molecular formula is C18H24ClNS. The van der Waals surface area contributed by atoms with Gasteiger partial charge in [0, 0.05) is 21.5 Å². The van der Waals surface area contributed by atoms with Crippen LogP contribution in [0.3, 0.4) is 0 Å². The molecule has 0 spiro atoms. The fourth-order valence-corrected chi connectivity index (χ4v) is 4.77. The lowest BCUT2D eigenvalue weighted by atomic mass is 9.81. The lowest BCUT2D eigenvalue weighted by Gasteiger charge is -2.26. The van der Waals surface area contributed by atoms with Crippen molar-refractivity contribution in [1.82, 2.24) is 5.32 Å². The Kier molecular flexibility index (Phi) is 5.20. The molecule has 0 bridgehead atoms. The average Bonchev–Trinajstić information content (AvgIpc) is 2.82. The topological polar surface area (TPSA) is 12.0 Å². The van der Waals surface area contributed by atoms with Crippen molar-refractivity contribution in [1.29, 1.82) is 0 Å². The van der Waals surface area contributed by atoms with E-state index in [0.717, 1.165) is 29.9 Å². The minimum atomic E-state index is 0.904. The van der Waals surface area contributed by atoms with Crippen molar-refractivity contribution in [2.75, 3.05) is 6.54 Å². The molecule has 1 aliphatic carbocycles. The summed E-state index contributed by atoms with van der Waals surface area (Å²) in [7, 11) is 0. The van der Waals surface area contributed by atoms with Crippen LogP contribution in [0.2, 0.25) is 5.02 Å². The normalized spacial score (nSPS) is 22.8. The van der Waals surface area contributed by atoms with E-state index in [-0.39, 0.29) is 0 Å². The summed E-state index contributed by atoms with van der Waals surface area (Å²) in [6.07, 6.45) is 7.01. The van der Waals surface area contributed by atoms with Crippen molar-refractivity contribution >= 4 is 33.0 Å². The SMILES string of the molecule is CC1CCC(CCNCc2sc3ccccc3c2Cl)CC1. The highest BCUT2D eigenvalue weighted by Gasteiger charge is 2.17. The van der Waals surface area contributed by atoms with Gasteiger partial charge in [0.15, 0.2) is 0 Å². The first kappa shape index (κ1) is 15.3. The summed E-state index contributed by atoms with van der Waals surface area (Å²) >= 11 is 8.29. The molecule has 0 aliphatic heterocycles. The van der Waals surface area contributed by atoms with Crippen LogP contribution in [0.25, 0.3) is 10.1 Å². The van der Waals surface area contributed by atoms with Crippen molar-refractivity contribution in [3.05, 3.63) is 34.2 Å².